The lowest BCUT2D eigenvalue weighted by molar-refractivity contribution is 0.0952. The van der Waals surface area contributed by atoms with Crippen molar-refractivity contribution in [1.82, 2.24) is 14.6 Å². The molecule has 0 saturated heterocycles. The molecule has 0 aliphatic heterocycles. The van der Waals surface area contributed by atoms with Crippen LogP contribution in [0.25, 0.3) is 10.9 Å². The Hall–Kier alpha value is -2.64. The molecule has 1 heterocycles. The molecule has 0 spiro atoms. The van der Waals surface area contributed by atoms with Gasteiger partial charge in [-0.2, -0.15) is 0 Å². The summed E-state index contributed by atoms with van der Waals surface area (Å²) in [6, 6.07) is 16.0. The summed E-state index contributed by atoms with van der Waals surface area (Å²) in [4.78, 5) is 12.4. The van der Waals surface area contributed by atoms with Crippen molar-refractivity contribution in [1.29, 1.82) is 0 Å². The van der Waals surface area contributed by atoms with Gasteiger partial charge in [0.2, 0.25) is 10.0 Å². The molecule has 0 unspecified atom stereocenters. The van der Waals surface area contributed by atoms with E-state index in [1.807, 2.05) is 12.1 Å². The van der Waals surface area contributed by atoms with Gasteiger partial charge in [0.05, 0.1) is 4.90 Å². The van der Waals surface area contributed by atoms with Crippen LogP contribution in [0.3, 0.4) is 0 Å². The molecule has 6 nitrogen and oxygen atoms in total. The quantitative estimate of drug-likeness (QED) is 0.571. The van der Waals surface area contributed by atoms with Gasteiger partial charge in [-0.15, -0.1) is 0 Å². The Labute approximate surface area is 165 Å². The maximum absolute atomic E-state index is 12.3. The van der Waals surface area contributed by atoms with Crippen LogP contribution in [0.1, 0.15) is 30.6 Å². The van der Waals surface area contributed by atoms with Crippen LogP contribution < -0.4 is 10.0 Å². The molecular formula is C21H25N3O3S. The van der Waals surface area contributed by atoms with E-state index in [0.717, 1.165) is 13.0 Å². The topological polar surface area (TPSA) is 80.2 Å². The number of nitrogens with one attached hydrogen (secondary N) is 2. The van der Waals surface area contributed by atoms with Gasteiger partial charge in [-0.3, -0.25) is 4.79 Å². The highest BCUT2D eigenvalue weighted by Gasteiger charge is 2.15. The molecule has 3 aromatic rings. The van der Waals surface area contributed by atoms with Crippen LogP contribution in [0.15, 0.2) is 65.7 Å². The molecule has 0 radical (unpaired) electrons. The molecule has 0 aliphatic carbocycles. The predicted molar refractivity (Wildman–Crippen MR) is 111 cm³/mol. The lowest BCUT2D eigenvalue weighted by Crippen LogP contribution is -2.30. The molecule has 148 valence electrons. The average molecular weight is 400 g/mol. The standard InChI is InChI=1S/C21H25N3O3S/c1-16(2)23-28(26,27)19-10-8-18(9-11-19)21(25)22-13-5-14-24-15-12-17-6-3-4-7-20(17)24/h3-4,6-12,15-16,23H,5,13-14H2,1-2H3,(H,22,25). The van der Waals surface area contributed by atoms with E-state index in [2.05, 4.69) is 39.0 Å². The van der Waals surface area contributed by atoms with Gasteiger partial charge >= 0.3 is 0 Å². The summed E-state index contributed by atoms with van der Waals surface area (Å²) < 4.78 is 28.9. The van der Waals surface area contributed by atoms with Gasteiger partial charge < -0.3 is 9.88 Å². The molecule has 7 heteroatoms. The molecule has 1 amide bonds. The average Bonchev–Trinajstić information content (AvgIpc) is 3.07. The highest BCUT2D eigenvalue weighted by atomic mass is 32.2. The minimum Gasteiger partial charge on any atom is -0.352 e. The fraction of sp³-hybridized carbons (Fsp3) is 0.286. The van der Waals surface area contributed by atoms with Gasteiger partial charge in [0.25, 0.3) is 5.91 Å². The van der Waals surface area contributed by atoms with Gasteiger partial charge in [-0.1, -0.05) is 18.2 Å². The number of rotatable bonds is 8. The number of hydrogen-bond acceptors (Lipinski definition) is 3. The van der Waals surface area contributed by atoms with Crippen molar-refractivity contribution < 1.29 is 13.2 Å². The van der Waals surface area contributed by atoms with Crippen LogP contribution in [0.2, 0.25) is 0 Å². The third-order valence-electron chi connectivity index (χ3n) is 4.36. The van der Waals surface area contributed by atoms with Crippen molar-refractivity contribution in [2.24, 2.45) is 0 Å². The molecule has 0 saturated carbocycles. The van der Waals surface area contributed by atoms with E-state index in [0.29, 0.717) is 12.1 Å². The molecule has 0 atom stereocenters. The maximum atomic E-state index is 12.3. The van der Waals surface area contributed by atoms with E-state index in [1.165, 1.54) is 35.2 Å². The number of aryl methyl sites for hydroxylation is 1. The highest BCUT2D eigenvalue weighted by molar-refractivity contribution is 7.89. The first-order valence-electron chi connectivity index (χ1n) is 9.31. The van der Waals surface area contributed by atoms with Crippen LogP contribution in [0, 0.1) is 0 Å². The van der Waals surface area contributed by atoms with Gasteiger partial charge in [-0.05, 0) is 62.1 Å². The van der Waals surface area contributed by atoms with Crippen molar-refractivity contribution in [3.05, 3.63) is 66.4 Å². The number of amides is 1. The number of sulfonamides is 1. The van der Waals surface area contributed by atoms with Crippen LogP contribution in [0.5, 0.6) is 0 Å². The summed E-state index contributed by atoms with van der Waals surface area (Å²) in [5.74, 6) is -0.210. The van der Waals surface area contributed by atoms with E-state index in [1.54, 1.807) is 13.8 Å². The Bertz CT molecular complexity index is 1050. The molecule has 0 aliphatic rings. The third-order valence-corrected chi connectivity index (χ3v) is 6.03. The normalized spacial score (nSPS) is 11.8. The Morgan fingerprint density at radius 1 is 1.04 bits per heavy atom. The zero-order chi connectivity index (χ0) is 20.1. The van der Waals surface area contributed by atoms with E-state index in [9.17, 15) is 13.2 Å². The van der Waals surface area contributed by atoms with E-state index >= 15 is 0 Å². The second kappa shape index (κ2) is 8.58. The first kappa shape index (κ1) is 20.1. The number of aromatic nitrogens is 1. The molecule has 2 aromatic carbocycles. The number of hydrogen-bond donors (Lipinski definition) is 2. The number of carbonyl (C=O) groups excluding carboxylic acids is 1. The summed E-state index contributed by atoms with van der Waals surface area (Å²) in [5.41, 5.74) is 1.62. The predicted octanol–water partition coefficient (Wildman–Crippen LogP) is 3.15. The van der Waals surface area contributed by atoms with Crippen LogP contribution >= 0.6 is 0 Å². The van der Waals surface area contributed by atoms with Crippen LogP contribution in [-0.4, -0.2) is 31.5 Å². The molecule has 0 bridgehead atoms. The second-order valence-corrected chi connectivity index (χ2v) is 8.69. The summed E-state index contributed by atoms with van der Waals surface area (Å²) in [7, 11) is -3.55. The Morgan fingerprint density at radius 3 is 2.46 bits per heavy atom. The lowest BCUT2D eigenvalue weighted by Gasteiger charge is -2.10. The number of fused-ring (bicyclic) bond motifs is 1. The number of benzene rings is 2. The maximum Gasteiger partial charge on any atom is 0.251 e. The smallest absolute Gasteiger partial charge is 0.251 e. The van der Waals surface area contributed by atoms with Gasteiger partial charge in [0.15, 0.2) is 0 Å². The first-order chi connectivity index (χ1) is 13.4. The van der Waals surface area contributed by atoms with Gasteiger partial charge in [0.1, 0.15) is 0 Å². The molecule has 3 rings (SSSR count). The van der Waals surface area contributed by atoms with Gasteiger partial charge in [-0.25, -0.2) is 13.1 Å². The second-order valence-electron chi connectivity index (χ2n) is 6.98. The molecule has 28 heavy (non-hydrogen) atoms. The van der Waals surface area contributed by atoms with Crippen molar-refractivity contribution in [2.45, 2.75) is 37.8 Å². The lowest BCUT2D eigenvalue weighted by atomic mass is 10.2. The minimum atomic E-state index is -3.55. The van der Waals surface area contributed by atoms with Crippen molar-refractivity contribution in [2.75, 3.05) is 6.54 Å². The fourth-order valence-electron chi connectivity index (χ4n) is 3.05. The monoisotopic (exact) mass is 399 g/mol. The fourth-order valence-corrected chi connectivity index (χ4v) is 4.30. The SMILES string of the molecule is CC(C)NS(=O)(=O)c1ccc(C(=O)NCCCn2ccc3ccccc32)cc1. The zero-order valence-electron chi connectivity index (χ0n) is 16.1. The Balaban J connectivity index is 1.52. The molecular weight excluding hydrogens is 374 g/mol. The number of nitrogens with zero attached hydrogens (tertiary/aromatic N) is 1. The Kier molecular flexibility index (Phi) is 6.16. The zero-order valence-corrected chi connectivity index (χ0v) is 16.9. The van der Waals surface area contributed by atoms with E-state index < -0.39 is 10.0 Å². The van der Waals surface area contributed by atoms with Gasteiger partial charge in [0, 0.05) is 36.4 Å². The molecule has 0 fully saturated rings. The summed E-state index contributed by atoms with van der Waals surface area (Å²) in [6.45, 7) is 4.87. The number of carbonyl (C=O) groups is 1. The van der Waals surface area contributed by atoms with Crippen molar-refractivity contribution in [3.63, 3.8) is 0 Å². The van der Waals surface area contributed by atoms with Crippen molar-refractivity contribution in [3.8, 4) is 0 Å². The van der Waals surface area contributed by atoms with E-state index in [-0.39, 0.29) is 16.8 Å². The third kappa shape index (κ3) is 4.79. The van der Waals surface area contributed by atoms with E-state index in [4.69, 9.17) is 0 Å². The molecule has 1 aromatic heterocycles. The Morgan fingerprint density at radius 2 is 1.75 bits per heavy atom. The summed E-state index contributed by atoms with van der Waals surface area (Å²) in [6.07, 6.45) is 2.85. The minimum absolute atomic E-state index is 0.150. The first-order valence-corrected chi connectivity index (χ1v) is 10.8. The largest absolute Gasteiger partial charge is 0.352 e. The number of para-hydroxylation sites is 1. The highest BCUT2D eigenvalue weighted by Crippen LogP contribution is 2.15. The van der Waals surface area contributed by atoms with Crippen LogP contribution in [-0.2, 0) is 16.6 Å². The molecule has 2 N–H and O–H groups in total. The summed E-state index contributed by atoms with van der Waals surface area (Å²) >= 11 is 0. The summed E-state index contributed by atoms with van der Waals surface area (Å²) in [5, 5.41) is 4.08. The van der Waals surface area contributed by atoms with Crippen molar-refractivity contribution >= 4 is 26.8 Å². The van der Waals surface area contributed by atoms with Crippen LogP contribution in [0.4, 0.5) is 0 Å².